The first kappa shape index (κ1) is 20.6. The monoisotopic (exact) mass is 371 g/mol. The number of likely N-dealkylation sites (N-methyl/N-ethyl adjacent to an activating group) is 1. The Morgan fingerprint density at radius 2 is 1.78 bits per heavy atom. The molecule has 0 fully saturated rings. The van der Waals surface area contributed by atoms with Crippen molar-refractivity contribution in [3.8, 4) is 0 Å². The van der Waals surface area contributed by atoms with Gasteiger partial charge in [0.25, 0.3) is 5.91 Å². The van der Waals surface area contributed by atoms with Crippen LogP contribution in [0.1, 0.15) is 40.9 Å². The molecule has 2 aromatic rings. The molecule has 0 bridgehead atoms. The van der Waals surface area contributed by atoms with Gasteiger partial charge in [0.05, 0.1) is 0 Å². The molecule has 6 heteroatoms. The van der Waals surface area contributed by atoms with Crippen LogP contribution < -0.4 is 10.6 Å². The molecular formula is C21H26FN3O2. The van der Waals surface area contributed by atoms with E-state index < -0.39 is 6.04 Å². The fraction of sp³-hybridized carbons (Fsp3) is 0.333. The summed E-state index contributed by atoms with van der Waals surface area (Å²) in [4.78, 5) is 26.8. The predicted molar refractivity (Wildman–Crippen MR) is 105 cm³/mol. The van der Waals surface area contributed by atoms with Crippen LogP contribution in [0.4, 0.5) is 10.1 Å². The van der Waals surface area contributed by atoms with Crippen molar-refractivity contribution in [3.63, 3.8) is 0 Å². The molecule has 0 saturated carbocycles. The highest BCUT2D eigenvalue weighted by atomic mass is 19.1. The maximum atomic E-state index is 13.2. The predicted octanol–water partition coefficient (Wildman–Crippen LogP) is 3.52. The number of nitrogens with zero attached hydrogens (tertiary/aromatic N) is 1. The third-order valence-electron chi connectivity index (χ3n) is 4.24. The molecule has 0 spiro atoms. The van der Waals surface area contributed by atoms with Crippen molar-refractivity contribution in [3.05, 3.63) is 65.0 Å². The second-order valence-electron chi connectivity index (χ2n) is 6.69. The highest BCUT2D eigenvalue weighted by Gasteiger charge is 2.23. The Morgan fingerprint density at radius 3 is 2.37 bits per heavy atom. The second-order valence-corrected chi connectivity index (χ2v) is 6.69. The molecule has 27 heavy (non-hydrogen) atoms. The lowest BCUT2D eigenvalue weighted by Crippen LogP contribution is -2.32. The van der Waals surface area contributed by atoms with Crippen molar-refractivity contribution < 1.29 is 14.0 Å². The van der Waals surface area contributed by atoms with E-state index in [4.69, 9.17) is 0 Å². The lowest BCUT2D eigenvalue weighted by atomic mass is 10.0. The summed E-state index contributed by atoms with van der Waals surface area (Å²) in [6.45, 7) is 4.45. The van der Waals surface area contributed by atoms with Crippen LogP contribution >= 0.6 is 0 Å². The van der Waals surface area contributed by atoms with Crippen molar-refractivity contribution in [2.45, 2.75) is 26.3 Å². The molecule has 0 aliphatic carbocycles. The quantitative estimate of drug-likeness (QED) is 0.783. The van der Waals surface area contributed by atoms with Crippen LogP contribution in [0, 0.1) is 12.7 Å². The topological polar surface area (TPSA) is 61.4 Å². The number of aryl methyl sites for hydroxylation is 1. The average molecular weight is 371 g/mol. The van der Waals surface area contributed by atoms with Gasteiger partial charge in [0, 0.05) is 17.8 Å². The van der Waals surface area contributed by atoms with Gasteiger partial charge in [0.1, 0.15) is 11.9 Å². The lowest BCUT2D eigenvalue weighted by molar-refractivity contribution is -0.120. The number of halogens is 1. The Morgan fingerprint density at radius 1 is 1.11 bits per heavy atom. The fourth-order valence-electron chi connectivity index (χ4n) is 2.77. The van der Waals surface area contributed by atoms with E-state index in [1.165, 1.54) is 12.1 Å². The van der Waals surface area contributed by atoms with Gasteiger partial charge >= 0.3 is 0 Å². The summed E-state index contributed by atoms with van der Waals surface area (Å²) in [5.41, 5.74) is 2.62. The van der Waals surface area contributed by atoms with Crippen LogP contribution in [0.15, 0.2) is 42.5 Å². The Hall–Kier alpha value is -2.73. The minimum atomic E-state index is -0.581. The van der Waals surface area contributed by atoms with Gasteiger partial charge in [-0.3, -0.25) is 14.5 Å². The Labute approximate surface area is 159 Å². The molecule has 2 rings (SSSR count). The smallest absolute Gasteiger partial charge is 0.251 e. The first-order valence-electron chi connectivity index (χ1n) is 8.95. The summed E-state index contributed by atoms with van der Waals surface area (Å²) in [6, 6.07) is 10.5. The van der Waals surface area contributed by atoms with Gasteiger partial charge in [-0.05, 0) is 62.8 Å². The SMILES string of the molecule is CCCNC(=O)c1ccc(C)c(NC(=O)C(c2ccc(F)cc2)N(C)C)c1. The molecular weight excluding hydrogens is 345 g/mol. The van der Waals surface area contributed by atoms with Gasteiger partial charge in [0.15, 0.2) is 0 Å². The van der Waals surface area contributed by atoms with E-state index in [1.807, 2.05) is 13.8 Å². The van der Waals surface area contributed by atoms with Gasteiger partial charge < -0.3 is 10.6 Å². The van der Waals surface area contributed by atoms with Crippen LogP contribution in [-0.2, 0) is 4.79 Å². The largest absolute Gasteiger partial charge is 0.352 e. The van der Waals surface area contributed by atoms with Crippen LogP contribution in [0.2, 0.25) is 0 Å². The molecule has 1 unspecified atom stereocenters. The van der Waals surface area contributed by atoms with E-state index in [9.17, 15) is 14.0 Å². The van der Waals surface area contributed by atoms with Gasteiger partial charge in [-0.25, -0.2) is 4.39 Å². The molecule has 5 nitrogen and oxygen atoms in total. The number of benzene rings is 2. The zero-order valence-corrected chi connectivity index (χ0v) is 16.2. The zero-order chi connectivity index (χ0) is 20.0. The van der Waals surface area contributed by atoms with E-state index in [2.05, 4.69) is 10.6 Å². The van der Waals surface area contributed by atoms with Crippen molar-refractivity contribution in [1.29, 1.82) is 0 Å². The van der Waals surface area contributed by atoms with Gasteiger partial charge in [0.2, 0.25) is 5.91 Å². The zero-order valence-electron chi connectivity index (χ0n) is 16.2. The summed E-state index contributed by atoms with van der Waals surface area (Å²) in [6.07, 6.45) is 0.851. The standard InChI is InChI=1S/C21H26FN3O2/c1-5-12-23-20(26)16-7-6-14(2)18(13-16)24-21(27)19(25(3)4)15-8-10-17(22)11-9-15/h6-11,13,19H,5,12H2,1-4H3,(H,23,26)(H,24,27). The summed E-state index contributed by atoms with van der Waals surface area (Å²) in [5.74, 6) is -0.769. The maximum Gasteiger partial charge on any atom is 0.251 e. The fourth-order valence-corrected chi connectivity index (χ4v) is 2.77. The van der Waals surface area contributed by atoms with E-state index in [0.717, 1.165) is 12.0 Å². The van der Waals surface area contributed by atoms with E-state index in [0.29, 0.717) is 23.4 Å². The molecule has 144 valence electrons. The first-order chi connectivity index (χ1) is 12.8. The number of amides is 2. The molecule has 1 atom stereocenters. The van der Waals surface area contributed by atoms with Crippen LogP contribution in [0.3, 0.4) is 0 Å². The minimum absolute atomic E-state index is 0.171. The molecule has 2 aromatic carbocycles. The Balaban J connectivity index is 2.24. The molecule has 0 heterocycles. The number of carbonyl (C=O) groups excluding carboxylic acids is 2. The number of carbonyl (C=O) groups is 2. The Kier molecular flexibility index (Phi) is 7.07. The third-order valence-corrected chi connectivity index (χ3v) is 4.24. The third kappa shape index (κ3) is 5.37. The second kappa shape index (κ2) is 9.28. The molecule has 0 saturated heterocycles. The highest BCUT2D eigenvalue weighted by Crippen LogP contribution is 2.23. The van der Waals surface area contributed by atoms with Crippen LogP contribution in [0.5, 0.6) is 0 Å². The summed E-state index contributed by atoms with van der Waals surface area (Å²) in [7, 11) is 3.57. The number of anilines is 1. The van der Waals surface area contributed by atoms with Crippen molar-refractivity contribution in [2.24, 2.45) is 0 Å². The van der Waals surface area contributed by atoms with Crippen molar-refractivity contribution in [1.82, 2.24) is 10.2 Å². The van der Waals surface area contributed by atoms with E-state index in [-0.39, 0.29) is 17.6 Å². The van der Waals surface area contributed by atoms with Crippen molar-refractivity contribution >= 4 is 17.5 Å². The molecule has 0 radical (unpaired) electrons. The maximum absolute atomic E-state index is 13.2. The summed E-state index contributed by atoms with van der Waals surface area (Å²) < 4.78 is 13.2. The molecule has 0 aromatic heterocycles. The minimum Gasteiger partial charge on any atom is -0.352 e. The van der Waals surface area contributed by atoms with Gasteiger partial charge in [-0.2, -0.15) is 0 Å². The van der Waals surface area contributed by atoms with E-state index >= 15 is 0 Å². The Bertz CT molecular complexity index is 804. The van der Waals surface area contributed by atoms with Crippen LogP contribution in [-0.4, -0.2) is 37.4 Å². The molecule has 0 aliphatic heterocycles. The number of hydrogen-bond donors (Lipinski definition) is 2. The normalized spacial score (nSPS) is 11.9. The van der Waals surface area contributed by atoms with Crippen LogP contribution in [0.25, 0.3) is 0 Å². The number of rotatable bonds is 7. The lowest BCUT2D eigenvalue weighted by Gasteiger charge is -2.24. The van der Waals surface area contributed by atoms with Gasteiger partial charge in [-0.1, -0.05) is 25.1 Å². The number of nitrogens with one attached hydrogen (secondary N) is 2. The summed E-state index contributed by atoms with van der Waals surface area (Å²) in [5, 5.41) is 5.73. The highest BCUT2D eigenvalue weighted by molar-refractivity contribution is 5.99. The molecule has 0 aliphatic rings. The summed E-state index contributed by atoms with van der Waals surface area (Å²) >= 11 is 0. The molecule has 2 N–H and O–H groups in total. The van der Waals surface area contributed by atoms with E-state index in [1.54, 1.807) is 49.3 Å². The first-order valence-corrected chi connectivity index (χ1v) is 8.95. The average Bonchev–Trinajstić information content (AvgIpc) is 2.63. The van der Waals surface area contributed by atoms with Gasteiger partial charge in [-0.15, -0.1) is 0 Å². The number of hydrogen-bond acceptors (Lipinski definition) is 3. The van der Waals surface area contributed by atoms with Crippen molar-refractivity contribution in [2.75, 3.05) is 26.0 Å². The molecule has 2 amide bonds.